The first-order chi connectivity index (χ1) is 6.25. The molecule has 0 aromatic carbocycles. The van der Waals surface area contributed by atoms with Crippen LogP contribution in [0.5, 0.6) is 0 Å². The molecule has 2 heterocycles. The lowest BCUT2D eigenvalue weighted by Gasteiger charge is -1.96. The number of thiophene rings is 1. The predicted molar refractivity (Wildman–Crippen MR) is 54.5 cm³/mol. The van der Waals surface area contributed by atoms with Crippen LogP contribution >= 0.6 is 11.3 Å². The highest BCUT2D eigenvalue weighted by molar-refractivity contribution is 7.10. The molecule has 0 atom stereocenters. The molecule has 0 aliphatic heterocycles. The Morgan fingerprint density at radius 3 is 2.85 bits per heavy atom. The molecule has 2 rings (SSSR count). The molecule has 3 nitrogen and oxygen atoms in total. The molecule has 0 unspecified atom stereocenters. The largest absolute Gasteiger partial charge is 0.382 e. The Balaban J connectivity index is 2.46. The molecule has 0 saturated carbocycles. The quantitative estimate of drug-likeness (QED) is 0.751. The SMILES string of the molecule is Cc1cc(-c2cncc(N)n2)cs1. The van der Waals surface area contributed by atoms with Gasteiger partial charge >= 0.3 is 0 Å². The van der Waals surface area contributed by atoms with Gasteiger partial charge in [0, 0.05) is 15.8 Å². The third-order valence-electron chi connectivity index (χ3n) is 1.68. The Hall–Kier alpha value is -1.42. The van der Waals surface area contributed by atoms with Gasteiger partial charge in [0.25, 0.3) is 0 Å². The van der Waals surface area contributed by atoms with Crippen LogP contribution in [0.2, 0.25) is 0 Å². The van der Waals surface area contributed by atoms with E-state index in [1.807, 2.05) is 0 Å². The van der Waals surface area contributed by atoms with Gasteiger partial charge in [-0.2, -0.15) is 0 Å². The van der Waals surface area contributed by atoms with Gasteiger partial charge < -0.3 is 5.73 Å². The molecule has 2 aromatic heterocycles. The zero-order chi connectivity index (χ0) is 9.26. The van der Waals surface area contributed by atoms with Crippen LogP contribution in [0.3, 0.4) is 0 Å². The summed E-state index contributed by atoms with van der Waals surface area (Å²) in [4.78, 5) is 9.43. The van der Waals surface area contributed by atoms with E-state index < -0.39 is 0 Å². The number of rotatable bonds is 1. The molecule has 2 N–H and O–H groups in total. The van der Waals surface area contributed by atoms with Gasteiger partial charge in [-0.25, -0.2) is 4.98 Å². The summed E-state index contributed by atoms with van der Waals surface area (Å²) in [6.07, 6.45) is 3.26. The molecular weight excluding hydrogens is 182 g/mol. The summed E-state index contributed by atoms with van der Waals surface area (Å²) in [6.45, 7) is 2.06. The van der Waals surface area contributed by atoms with Crippen molar-refractivity contribution in [3.05, 3.63) is 28.7 Å². The van der Waals surface area contributed by atoms with Crippen molar-refractivity contribution in [3.63, 3.8) is 0 Å². The fraction of sp³-hybridized carbons (Fsp3) is 0.111. The maximum Gasteiger partial charge on any atom is 0.142 e. The van der Waals surface area contributed by atoms with Crippen LogP contribution in [0.1, 0.15) is 4.88 Å². The summed E-state index contributed by atoms with van der Waals surface area (Å²) < 4.78 is 0. The zero-order valence-corrected chi connectivity index (χ0v) is 8.01. The Morgan fingerprint density at radius 2 is 2.23 bits per heavy atom. The van der Waals surface area contributed by atoms with Gasteiger partial charge in [0.05, 0.1) is 18.1 Å². The first-order valence-electron chi connectivity index (χ1n) is 3.89. The van der Waals surface area contributed by atoms with Gasteiger partial charge in [-0.3, -0.25) is 4.98 Å². The van der Waals surface area contributed by atoms with E-state index in [1.54, 1.807) is 23.7 Å². The number of nitrogens with two attached hydrogens (primary N) is 1. The third kappa shape index (κ3) is 1.67. The molecule has 4 heteroatoms. The highest BCUT2D eigenvalue weighted by Gasteiger charge is 2.01. The maximum absolute atomic E-state index is 5.53. The first-order valence-corrected chi connectivity index (χ1v) is 4.77. The first kappa shape index (κ1) is 8.19. The van der Waals surface area contributed by atoms with Gasteiger partial charge in [0.2, 0.25) is 0 Å². The van der Waals surface area contributed by atoms with E-state index in [9.17, 15) is 0 Å². The standard InChI is InChI=1S/C9H9N3S/c1-6-2-7(5-13-6)8-3-11-4-9(10)12-8/h2-5H,1H3,(H2,10,12). The van der Waals surface area contributed by atoms with Crippen LogP contribution in [-0.4, -0.2) is 9.97 Å². The van der Waals surface area contributed by atoms with Gasteiger partial charge in [-0.15, -0.1) is 11.3 Å². The Morgan fingerprint density at radius 1 is 1.38 bits per heavy atom. The van der Waals surface area contributed by atoms with Gasteiger partial charge in [0.1, 0.15) is 5.82 Å². The van der Waals surface area contributed by atoms with Crippen LogP contribution in [0.25, 0.3) is 11.3 Å². The zero-order valence-electron chi connectivity index (χ0n) is 7.19. The number of aryl methyl sites for hydroxylation is 1. The van der Waals surface area contributed by atoms with Crippen LogP contribution < -0.4 is 5.73 Å². The lowest BCUT2D eigenvalue weighted by Crippen LogP contribution is -1.92. The molecule has 0 spiro atoms. The minimum Gasteiger partial charge on any atom is -0.382 e. The van der Waals surface area contributed by atoms with Crippen LogP contribution in [0.4, 0.5) is 5.82 Å². The van der Waals surface area contributed by atoms with Crippen LogP contribution in [0, 0.1) is 6.92 Å². The second kappa shape index (κ2) is 3.14. The number of nitrogen functional groups attached to an aromatic ring is 1. The number of hydrogen-bond donors (Lipinski definition) is 1. The summed E-state index contributed by atoms with van der Waals surface area (Å²) in [5.41, 5.74) is 7.46. The van der Waals surface area contributed by atoms with Gasteiger partial charge in [0.15, 0.2) is 0 Å². The average molecular weight is 191 g/mol. The second-order valence-corrected chi connectivity index (χ2v) is 3.89. The van der Waals surface area contributed by atoms with E-state index in [0.29, 0.717) is 5.82 Å². The van der Waals surface area contributed by atoms with E-state index in [4.69, 9.17) is 5.73 Å². The highest BCUT2D eigenvalue weighted by Crippen LogP contribution is 2.22. The highest BCUT2D eigenvalue weighted by atomic mass is 32.1. The van der Waals surface area contributed by atoms with E-state index >= 15 is 0 Å². The van der Waals surface area contributed by atoms with Crippen molar-refractivity contribution in [3.8, 4) is 11.3 Å². The number of anilines is 1. The van der Waals surface area contributed by atoms with E-state index in [-0.39, 0.29) is 0 Å². The summed E-state index contributed by atoms with van der Waals surface area (Å²) in [5, 5.41) is 2.05. The summed E-state index contributed by atoms with van der Waals surface area (Å²) in [7, 11) is 0. The molecule has 0 aliphatic rings. The molecular formula is C9H9N3S. The van der Waals surface area contributed by atoms with E-state index in [0.717, 1.165) is 11.3 Å². The normalized spacial score (nSPS) is 10.2. The summed E-state index contributed by atoms with van der Waals surface area (Å²) >= 11 is 1.70. The van der Waals surface area contributed by atoms with E-state index in [2.05, 4.69) is 28.3 Å². The molecule has 0 saturated heterocycles. The van der Waals surface area contributed by atoms with E-state index in [1.165, 1.54) is 4.88 Å². The van der Waals surface area contributed by atoms with Crippen molar-refractivity contribution in [1.82, 2.24) is 9.97 Å². The summed E-state index contributed by atoms with van der Waals surface area (Å²) in [5.74, 6) is 0.460. The smallest absolute Gasteiger partial charge is 0.142 e. The molecule has 0 amide bonds. The van der Waals surface area contributed by atoms with Crippen molar-refractivity contribution < 1.29 is 0 Å². The Labute approximate surface area is 80.3 Å². The minimum atomic E-state index is 0.460. The second-order valence-electron chi connectivity index (χ2n) is 2.78. The molecule has 2 aromatic rings. The van der Waals surface area contributed by atoms with Crippen molar-refractivity contribution >= 4 is 17.2 Å². The average Bonchev–Trinajstić information content (AvgIpc) is 2.52. The number of nitrogens with zero attached hydrogens (tertiary/aromatic N) is 2. The van der Waals surface area contributed by atoms with Crippen molar-refractivity contribution in [2.24, 2.45) is 0 Å². The third-order valence-corrected chi connectivity index (χ3v) is 2.54. The molecule has 66 valence electrons. The van der Waals surface area contributed by atoms with Gasteiger partial charge in [-0.1, -0.05) is 0 Å². The minimum absolute atomic E-state index is 0.460. The molecule has 0 radical (unpaired) electrons. The van der Waals surface area contributed by atoms with Crippen LogP contribution in [-0.2, 0) is 0 Å². The molecule has 0 bridgehead atoms. The Bertz CT molecular complexity index is 422. The predicted octanol–water partition coefficient (Wildman–Crippen LogP) is 2.10. The number of hydrogen-bond acceptors (Lipinski definition) is 4. The Kier molecular flexibility index (Phi) is 1.98. The van der Waals surface area contributed by atoms with Gasteiger partial charge in [-0.05, 0) is 13.0 Å². The number of aromatic nitrogens is 2. The van der Waals surface area contributed by atoms with Crippen molar-refractivity contribution in [2.45, 2.75) is 6.92 Å². The van der Waals surface area contributed by atoms with Crippen LogP contribution in [0.15, 0.2) is 23.8 Å². The topological polar surface area (TPSA) is 51.8 Å². The van der Waals surface area contributed by atoms with Crippen molar-refractivity contribution in [1.29, 1.82) is 0 Å². The molecule has 0 aliphatic carbocycles. The maximum atomic E-state index is 5.53. The monoisotopic (exact) mass is 191 g/mol. The fourth-order valence-corrected chi connectivity index (χ4v) is 1.79. The van der Waals surface area contributed by atoms with Crippen molar-refractivity contribution in [2.75, 3.05) is 5.73 Å². The lowest BCUT2D eigenvalue weighted by atomic mass is 10.2. The summed E-state index contributed by atoms with van der Waals surface area (Å²) in [6, 6.07) is 2.08. The molecule has 13 heavy (non-hydrogen) atoms. The molecule has 0 fully saturated rings. The fourth-order valence-electron chi connectivity index (χ4n) is 1.10. The lowest BCUT2D eigenvalue weighted by molar-refractivity contribution is 1.22.